The molecule has 0 aliphatic carbocycles. The van der Waals surface area contributed by atoms with Crippen molar-refractivity contribution in [3.05, 3.63) is 60.0 Å². The van der Waals surface area contributed by atoms with E-state index in [4.69, 9.17) is 0 Å². The molecule has 10 nitrogen and oxygen atoms in total. The molecule has 3 aromatic rings. The molecule has 0 aromatic carbocycles. The van der Waals surface area contributed by atoms with Crippen LogP contribution in [0.5, 0.6) is 0 Å². The highest BCUT2D eigenvalue weighted by molar-refractivity contribution is 5.84. The molecule has 2 aliphatic heterocycles. The summed E-state index contributed by atoms with van der Waals surface area (Å²) in [5.74, 6) is 0.982. The summed E-state index contributed by atoms with van der Waals surface area (Å²) in [7, 11) is 1.88. The fourth-order valence-corrected chi connectivity index (χ4v) is 5.20. The molecule has 5 heterocycles. The van der Waals surface area contributed by atoms with Crippen molar-refractivity contribution in [3.8, 4) is 17.2 Å². The maximum atomic E-state index is 12.7. The molecule has 3 aromatic heterocycles. The molecule has 0 spiro atoms. The van der Waals surface area contributed by atoms with Crippen molar-refractivity contribution in [2.45, 2.75) is 19.8 Å². The third-order valence-electron chi connectivity index (χ3n) is 7.35. The number of likely N-dealkylation sites (tertiary alicyclic amines) is 1. The Morgan fingerprint density at radius 1 is 1.05 bits per heavy atom. The van der Waals surface area contributed by atoms with E-state index in [1.165, 1.54) is 12.8 Å². The number of nitrogens with zero attached hydrogens (tertiary/aromatic N) is 9. The van der Waals surface area contributed by atoms with Gasteiger partial charge in [0.05, 0.1) is 30.0 Å². The number of nitriles is 1. The summed E-state index contributed by atoms with van der Waals surface area (Å²) in [5, 5.41) is 18.4. The first-order valence-electron chi connectivity index (χ1n) is 13.0. The standard InChI is InChI=1S/C28H33N9O/c1-21(25-14-22(24-17-31-33(3)18-24)19-37-28(25)23(15-29)16-32-37)6-7-26(30-2)35-10-12-36(13-11-35)27(38)20-34-8-4-5-9-34/h6-7,14,16-19H,2,4-5,8-13,20H2,1,3H3/b21-6+,26-7+. The zero-order valence-electron chi connectivity index (χ0n) is 22.0. The Morgan fingerprint density at radius 2 is 1.79 bits per heavy atom. The number of carbonyl (C=O) groups is 1. The van der Waals surface area contributed by atoms with E-state index in [1.54, 1.807) is 15.4 Å². The van der Waals surface area contributed by atoms with E-state index in [1.807, 2.05) is 49.6 Å². The lowest BCUT2D eigenvalue weighted by molar-refractivity contribution is -0.133. The number of hydrogen-bond acceptors (Lipinski definition) is 7. The van der Waals surface area contributed by atoms with Crippen molar-refractivity contribution in [1.82, 2.24) is 34.1 Å². The second-order valence-corrected chi connectivity index (χ2v) is 9.89. The summed E-state index contributed by atoms with van der Waals surface area (Å²) in [6.45, 7) is 11.2. The molecular weight excluding hydrogens is 478 g/mol. The monoisotopic (exact) mass is 511 g/mol. The van der Waals surface area contributed by atoms with Crippen molar-refractivity contribution in [2.75, 3.05) is 45.8 Å². The Hall–Kier alpha value is -4.23. The van der Waals surface area contributed by atoms with Crippen molar-refractivity contribution < 1.29 is 4.79 Å². The maximum absolute atomic E-state index is 12.7. The van der Waals surface area contributed by atoms with E-state index < -0.39 is 0 Å². The minimum Gasteiger partial charge on any atom is -0.353 e. The number of pyridine rings is 1. The van der Waals surface area contributed by atoms with Crippen LogP contribution < -0.4 is 0 Å². The van der Waals surface area contributed by atoms with Gasteiger partial charge in [-0.1, -0.05) is 6.08 Å². The number of aliphatic imine (C=N–C) groups is 1. The molecule has 2 saturated heterocycles. The fraction of sp³-hybridized carbons (Fsp3) is 0.393. The lowest BCUT2D eigenvalue weighted by Crippen LogP contribution is -2.50. The van der Waals surface area contributed by atoms with E-state index >= 15 is 0 Å². The number of aryl methyl sites for hydroxylation is 1. The van der Waals surface area contributed by atoms with Crippen LogP contribution in [0.25, 0.3) is 22.2 Å². The van der Waals surface area contributed by atoms with Gasteiger partial charge >= 0.3 is 0 Å². The molecule has 196 valence electrons. The van der Waals surface area contributed by atoms with Gasteiger partial charge in [0.25, 0.3) is 0 Å². The van der Waals surface area contributed by atoms with E-state index in [9.17, 15) is 10.1 Å². The SMILES string of the molecule is C=N/C(=C\C=C(/C)c1cc(-c2cnn(C)c2)cn2ncc(C#N)c12)N1CCN(C(=O)CN2CCCC2)CC1. The normalized spacial score (nSPS) is 17.3. The van der Waals surface area contributed by atoms with Gasteiger partial charge in [0.2, 0.25) is 5.91 Å². The third kappa shape index (κ3) is 5.24. The molecule has 0 atom stereocenters. The molecule has 0 saturated carbocycles. The molecule has 0 bridgehead atoms. The van der Waals surface area contributed by atoms with Crippen molar-refractivity contribution in [3.63, 3.8) is 0 Å². The van der Waals surface area contributed by atoms with Crippen LogP contribution in [-0.4, -0.2) is 92.5 Å². The summed E-state index contributed by atoms with van der Waals surface area (Å²) in [6.07, 6.45) is 13.6. The number of hydrogen-bond donors (Lipinski definition) is 0. The lowest BCUT2D eigenvalue weighted by Gasteiger charge is -2.36. The molecular formula is C28H33N9O. The second kappa shape index (κ2) is 11.0. The predicted octanol–water partition coefficient (Wildman–Crippen LogP) is 2.79. The van der Waals surface area contributed by atoms with Gasteiger partial charge in [0.15, 0.2) is 0 Å². The van der Waals surface area contributed by atoms with Gasteiger partial charge in [-0.25, -0.2) is 9.51 Å². The Kier molecular flexibility index (Phi) is 7.38. The summed E-state index contributed by atoms with van der Waals surface area (Å²) < 4.78 is 3.51. The Labute approximate surface area is 222 Å². The van der Waals surface area contributed by atoms with Crippen molar-refractivity contribution in [2.24, 2.45) is 12.0 Å². The van der Waals surface area contributed by atoms with Gasteiger partial charge < -0.3 is 9.80 Å². The first-order valence-corrected chi connectivity index (χ1v) is 13.0. The topological polar surface area (TPSA) is 98.1 Å². The number of carbonyl (C=O) groups excluding carboxylic acids is 1. The van der Waals surface area contributed by atoms with E-state index in [2.05, 4.69) is 43.8 Å². The highest BCUT2D eigenvalue weighted by Crippen LogP contribution is 2.29. The summed E-state index contributed by atoms with van der Waals surface area (Å²) >= 11 is 0. The number of aromatic nitrogens is 4. The summed E-state index contributed by atoms with van der Waals surface area (Å²) in [4.78, 5) is 23.4. The van der Waals surface area contributed by atoms with Crippen LogP contribution in [0.3, 0.4) is 0 Å². The quantitative estimate of drug-likeness (QED) is 0.357. The van der Waals surface area contributed by atoms with Gasteiger partial charge in [0, 0.05) is 62.3 Å². The number of rotatable bonds is 7. The van der Waals surface area contributed by atoms with Crippen molar-refractivity contribution >= 4 is 23.7 Å². The van der Waals surface area contributed by atoms with Crippen LogP contribution in [0.4, 0.5) is 0 Å². The average Bonchev–Trinajstić information content (AvgIpc) is 3.70. The van der Waals surface area contributed by atoms with Crippen LogP contribution in [-0.2, 0) is 11.8 Å². The molecule has 0 unspecified atom stereocenters. The molecule has 2 fully saturated rings. The largest absolute Gasteiger partial charge is 0.353 e. The second-order valence-electron chi connectivity index (χ2n) is 9.89. The van der Waals surface area contributed by atoms with E-state index in [0.717, 1.165) is 46.7 Å². The minimum atomic E-state index is 0.214. The zero-order chi connectivity index (χ0) is 26.6. The fourth-order valence-electron chi connectivity index (χ4n) is 5.20. The van der Waals surface area contributed by atoms with Crippen LogP contribution in [0.15, 0.2) is 53.8 Å². The van der Waals surface area contributed by atoms with Gasteiger partial charge in [-0.05, 0) is 57.3 Å². The molecule has 10 heteroatoms. The third-order valence-corrected chi connectivity index (χ3v) is 7.35. The molecule has 38 heavy (non-hydrogen) atoms. The molecule has 2 aliphatic rings. The zero-order valence-corrected chi connectivity index (χ0v) is 22.0. The Morgan fingerprint density at radius 3 is 2.45 bits per heavy atom. The summed E-state index contributed by atoms with van der Waals surface area (Å²) in [6, 6.07) is 4.33. The predicted molar refractivity (Wildman–Crippen MR) is 147 cm³/mol. The molecule has 1 amide bonds. The molecule has 0 N–H and O–H groups in total. The Balaban J connectivity index is 1.35. The van der Waals surface area contributed by atoms with E-state index in [-0.39, 0.29) is 5.91 Å². The first-order chi connectivity index (χ1) is 18.5. The Bertz CT molecular complexity index is 1440. The lowest BCUT2D eigenvalue weighted by atomic mass is 10.0. The number of amides is 1. The number of piperazine rings is 1. The molecule has 5 rings (SSSR count). The van der Waals surface area contributed by atoms with Crippen LogP contribution >= 0.6 is 0 Å². The maximum Gasteiger partial charge on any atom is 0.236 e. The van der Waals surface area contributed by atoms with Crippen LogP contribution in [0.2, 0.25) is 0 Å². The first kappa shape index (κ1) is 25.4. The average molecular weight is 512 g/mol. The smallest absolute Gasteiger partial charge is 0.236 e. The van der Waals surface area contributed by atoms with Crippen LogP contribution in [0.1, 0.15) is 30.9 Å². The van der Waals surface area contributed by atoms with Gasteiger partial charge in [-0.3, -0.25) is 14.4 Å². The van der Waals surface area contributed by atoms with Crippen molar-refractivity contribution in [1.29, 1.82) is 5.26 Å². The van der Waals surface area contributed by atoms with E-state index in [0.29, 0.717) is 38.3 Å². The number of fused-ring (bicyclic) bond motifs is 1. The summed E-state index contributed by atoms with van der Waals surface area (Å²) in [5.41, 5.74) is 5.10. The highest BCUT2D eigenvalue weighted by atomic mass is 16.2. The van der Waals surface area contributed by atoms with Gasteiger partial charge in [-0.2, -0.15) is 15.5 Å². The highest BCUT2D eigenvalue weighted by Gasteiger charge is 2.24. The molecule has 0 radical (unpaired) electrons. The van der Waals surface area contributed by atoms with Gasteiger partial charge in [0.1, 0.15) is 11.9 Å². The minimum absolute atomic E-state index is 0.214. The van der Waals surface area contributed by atoms with Gasteiger partial charge in [-0.15, -0.1) is 0 Å². The van der Waals surface area contributed by atoms with Crippen LogP contribution in [0, 0.1) is 11.3 Å². The number of allylic oxidation sites excluding steroid dienone is 3.